The minimum atomic E-state index is -0.865. The molecule has 2 rings (SSSR count). The molecule has 1 saturated heterocycles. The highest BCUT2D eigenvalue weighted by Gasteiger charge is 2.56. The lowest BCUT2D eigenvalue weighted by Crippen LogP contribution is -2.39. The number of carboxylic acid groups (broad SMARTS) is 1. The normalized spacial score (nSPS) is 39.3. The molecule has 4 heteroatoms. The van der Waals surface area contributed by atoms with Gasteiger partial charge in [-0.2, -0.15) is 0 Å². The van der Waals surface area contributed by atoms with Crippen molar-refractivity contribution in [3.8, 4) is 0 Å². The van der Waals surface area contributed by atoms with E-state index in [-0.39, 0.29) is 17.5 Å². The highest BCUT2D eigenvalue weighted by molar-refractivity contribution is 5.83. The van der Waals surface area contributed by atoms with Gasteiger partial charge in [0.1, 0.15) is 5.60 Å². The molecule has 2 aliphatic rings. The first-order valence-electron chi connectivity index (χ1n) is 5.42. The minimum absolute atomic E-state index is 0.265. The molecule has 0 aromatic carbocycles. The van der Waals surface area contributed by atoms with Gasteiger partial charge in [-0.15, -0.1) is 0 Å². The molecule has 0 radical (unpaired) electrons. The summed E-state index contributed by atoms with van der Waals surface area (Å²) in [4.78, 5) is 22.5. The Balaban J connectivity index is 2.24. The number of hydrogen-bond donors (Lipinski definition) is 1. The maximum Gasteiger partial charge on any atom is 0.310 e. The van der Waals surface area contributed by atoms with E-state index in [4.69, 9.17) is 9.84 Å². The van der Waals surface area contributed by atoms with E-state index < -0.39 is 17.8 Å². The minimum Gasteiger partial charge on any atom is -0.481 e. The predicted molar refractivity (Wildman–Crippen MR) is 52.1 cm³/mol. The average molecular weight is 212 g/mol. The molecule has 0 unspecified atom stereocenters. The number of hydrogen-bond acceptors (Lipinski definition) is 3. The molecular weight excluding hydrogens is 196 g/mol. The predicted octanol–water partition coefficient (Wildman–Crippen LogP) is 1.44. The van der Waals surface area contributed by atoms with Crippen molar-refractivity contribution >= 4 is 11.9 Å². The van der Waals surface area contributed by atoms with Crippen molar-refractivity contribution in [3.05, 3.63) is 0 Å². The third-order valence-electron chi connectivity index (χ3n) is 3.91. The Kier molecular flexibility index (Phi) is 2.24. The molecule has 0 aromatic rings. The first kappa shape index (κ1) is 10.5. The van der Waals surface area contributed by atoms with Gasteiger partial charge in [0.15, 0.2) is 0 Å². The van der Waals surface area contributed by atoms with Gasteiger partial charge in [-0.25, -0.2) is 0 Å². The van der Waals surface area contributed by atoms with Crippen LogP contribution in [0.3, 0.4) is 0 Å². The highest BCUT2D eigenvalue weighted by atomic mass is 16.6. The molecule has 0 spiro atoms. The zero-order valence-electron chi connectivity index (χ0n) is 9.03. The zero-order valence-corrected chi connectivity index (χ0v) is 9.03. The first-order chi connectivity index (χ1) is 6.96. The van der Waals surface area contributed by atoms with Gasteiger partial charge < -0.3 is 9.84 Å². The fraction of sp³-hybridized carbons (Fsp3) is 0.818. The summed E-state index contributed by atoms with van der Waals surface area (Å²) in [5.41, 5.74) is -0.381. The fourth-order valence-corrected chi connectivity index (χ4v) is 2.77. The molecule has 3 atom stereocenters. The number of fused-ring (bicyclic) bond motifs is 2. The van der Waals surface area contributed by atoms with Gasteiger partial charge in [-0.1, -0.05) is 13.8 Å². The third-order valence-corrected chi connectivity index (χ3v) is 3.91. The van der Waals surface area contributed by atoms with E-state index in [0.29, 0.717) is 19.3 Å². The van der Waals surface area contributed by atoms with Crippen molar-refractivity contribution < 1.29 is 19.4 Å². The van der Waals surface area contributed by atoms with E-state index in [2.05, 4.69) is 0 Å². The summed E-state index contributed by atoms with van der Waals surface area (Å²) >= 11 is 0. The van der Waals surface area contributed by atoms with Gasteiger partial charge in [-0.3, -0.25) is 9.59 Å². The average Bonchev–Trinajstić information content (AvgIpc) is 2.40. The van der Waals surface area contributed by atoms with Crippen molar-refractivity contribution in [3.63, 3.8) is 0 Å². The third kappa shape index (κ3) is 1.43. The maximum atomic E-state index is 11.6. The van der Waals surface area contributed by atoms with Crippen molar-refractivity contribution in [2.24, 2.45) is 17.8 Å². The lowest BCUT2D eigenvalue weighted by atomic mass is 9.70. The molecular formula is C11H16O4. The second-order valence-corrected chi connectivity index (χ2v) is 4.93. The smallest absolute Gasteiger partial charge is 0.310 e. The Morgan fingerprint density at radius 1 is 1.60 bits per heavy atom. The van der Waals surface area contributed by atoms with Crippen LogP contribution in [0.15, 0.2) is 0 Å². The molecule has 1 heterocycles. The van der Waals surface area contributed by atoms with Crippen molar-refractivity contribution in [2.75, 3.05) is 0 Å². The topological polar surface area (TPSA) is 63.6 Å². The maximum absolute atomic E-state index is 11.6. The SMILES string of the molecule is CC(C)[C@@]12CC[C@@H](C(=O)O)[C@H](C1)C(=O)O2. The van der Waals surface area contributed by atoms with E-state index in [1.165, 1.54) is 0 Å². The summed E-state index contributed by atoms with van der Waals surface area (Å²) in [7, 11) is 0. The number of aliphatic carboxylic acids is 1. The molecule has 0 aromatic heterocycles. The molecule has 0 amide bonds. The Morgan fingerprint density at radius 3 is 2.80 bits per heavy atom. The Labute approximate surface area is 88.6 Å². The molecule has 4 nitrogen and oxygen atoms in total. The van der Waals surface area contributed by atoms with Crippen LogP contribution in [0.1, 0.15) is 33.1 Å². The Hall–Kier alpha value is -1.06. The summed E-state index contributed by atoms with van der Waals surface area (Å²) in [6.45, 7) is 4.05. The van der Waals surface area contributed by atoms with Gasteiger partial charge in [-0.05, 0) is 18.8 Å². The molecule has 1 aliphatic carbocycles. The van der Waals surface area contributed by atoms with Gasteiger partial charge in [0.2, 0.25) is 0 Å². The van der Waals surface area contributed by atoms with Crippen LogP contribution >= 0.6 is 0 Å². The summed E-state index contributed by atoms with van der Waals surface area (Å²) in [6.07, 6.45) is 1.83. The van der Waals surface area contributed by atoms with Gasteiger partial charge in [0.25, 0.3) is 0 Å². The quantitative estimate of drug-likeness (QED) is 0.703. The monoisotopic (exact) mass is 212 g/mol. The van der Waals surface area contributed by atoms with Crippen LogP contribution in [-0.2, 0) is 14.3 Å². The van der Waals surface area contributed by atoms with Crippen LogP contribution in [-0.4, -0.2) is 22.6 Å². The van der Waals surface area contributed by atoms with Crippen LogP contribution in [0, 0.1) is 17.8 Å². The van der Waals surface area contributed by atoms with Gasteiger partial charge in [0.05, 0.1) is 11.8 Å². The van der Waals surface area contributed by atoms with E-state index >= 15 is 0 Å². The standard InChI is InChI=1S/C11H16O4/c1-6(2)11-4-3-7(9(12)13)8(5-11)10(14)15-11/h6-8H,3-5H2,1-2H3,(H,12,13)/t7-,8+,11-/m1/s1. The number of carboxylic acids is 1. The Morgan fingerprint density at radius 2 is 2.27 bits per heavy atom. The number of carbonyl (C=O) groups excluding carboxylic acids is 1. The first-order valence-corrected chi connectivity index (χ1v) is 5.42. The summed E-state index contributed by atoms with van der Waals surface area (Å²) in [5, 5.41) is 8.99. The van der Waals surface area contributed by atoms with Crippen LogP contribution in [0.5, 0.6) is 0 Å². The van der Waals surface area contributed by atoms with Crippen molar-refractivity contribution in [1.82, 2.24) is 0 Å². The lowest BCUT2D eigenvalue weighted by molar-refractivity contribution is -0.154. The van der Waals surface area contributed by atoms with Gasteiger partial charge in [0, 0.05) is 6.42 Å². The number of carbonyl (C=O) groups is 2. The number of rotatable bonds is 2. The van der Waals surface area contributed by atoms with Crippen molar-refractivity contribution in [1.29, 1.82) is 0 Å². The van der Waals surface area contributed by atoms with E-state index in [0.717, 1.165) is 0 Å². The van der Waals surface area contributed by atoms with E-state index in [1.807, 2.05) is 13.8 Å². The lowest BCUT2D eigenvalue weighted by Gasteiger charge is -2.35. The number of ether oxygens (including phenoxy) is 1. The largest absolute Gasteiger partial charge is 0.481 e. The summed E-state index contributed by atoms with van der Waals surface area (Å²) < 4.78 is 5.41. The Bertz CT molecular complexity index is 310. The molecule has 1 saturated carbocycles. The van der Waals surface area contributed by atoms with Crippen LogP contribution in [0.2, 0.25) is 0 Å². The second-order valence-electron chi connectivity index (χ2n) is 4.93. The van der Waals surface area contributed by atoms with E-state index in [1.54, 1.807) is 0 Å². The number of esters is 1. The fourth-order valence-electron chi connectivity index (χ4n) is 2.77. The zero-order chi connectivity index (χ0) is 11.2. The summed E-state index contributed by atoms with van der Waals surface area (Å²) in [6, 6.07) is 0. The summed E-state index contributed by atoms with van der Waals surface area (Å²) in [5.74, 6) is -1.86. The molecule has 2 fully saturated rings. The molecule has 1 aliphatic heterocycles. The van der Waals surface area contributed by atoms with Gasteiger partial charge >= 0.3 is 11.9 Å². The molecule has 2 bridgehead atoms. The molecule has 84 valence electrons. The molecule has 1 N–H and O–H groups in total. The van der Waals surface area contributed by atoms with Crippen LogP contribution in [0.25, 0.3) is 0 Å². The van der Waals surface area contributed by atoms with Crippen LogP contribution < -0.4 is 0 Å². The van der Waals surface area contributed by atoms with E-state index in [9.17, 15) is 9.59 Å². The second kappa shape index (κ2) is 3.22. The van der Waals surface area contributed by atoms with Crippen LogP contribution in [0.4, 0.5) is 0 Å². The molecule has 15 heavy (non-hydrogen) atoms. The highest BCUT2D eigenvalue weighted by Crippen LogP contribution is 2.49. The van der Waals surface area contributed by atoms with Crippen molar-refractivity contribution in [2.45, 2.75) is 38.7 Å².